The maximum Gasteiger partial charge on any atom is 0.263 e. The number of rotatable bonds is 4. The zero-order valence-electron chi connectivity index (χ0n) is 13.2. The van der Waals surface area contributed by atoms with Crippen molar-refractivity contribution in [2.75, 3.05) is 32.8 Å². The Morgan fingerprint density at radius 1 is 1.48 bits per heavy atom. The fraction of sp³-hybridized carbons (Fsp3) is 0.625. The van der Waals surface area contributed by atoms with Gasteiger partial charge in [0.15, 0.2) is 0 Å². The summed E-state index contributed by atoms with van der Waals surface area (Å²) < 4.78 is 5.44. The molecule has 0 aromatic carbocycles. The molecule has 0 bridgehead atoms. The third-order valence-corrected chi connectivity index (χ3v) is 5.59. The van der Waals surface area contributed by atoms with Crippen molar-refractivity contribution >= 4 is 23.2 Å². The minimum absolute atomic E-state index is 0.00632. The van der Waals surface area contributed by atoms with Crippen LogP contribution < -0.4 is 11.1 Å². The van der Waals surface area contributed by atoms with E-state index < -0.39 is 0 Å². The summed E-state index contributed by atoms with van der Waals surface area (Å²) in [5.41, 5.74) is 6.56. The van der Waals surface area contributed by atoms with Gasteiger partial charge in [-0.05, 0) is 24.5 Å². The first-order valence-electron chi connectivity index (χ1n) is 8.15. The third kappa shape index (κ3) is 3.73. The first kappa shape index (κ1) is 16.4. The summed E-state index contributed by atoms with van der Waals surface area (Å²) in [4.78, 5) is 28.7. The molecule has 1 atom stereocenters. The number of piperidine rings is 1. The van der Waals surface area contributed by atoms with Gasteiger partial charge in [-0.2, -0.15) is 0 Å². The summed E-state index contributed by atoms with van der Waals surface area (Å²) in [7, 11) is 0. The number of nitrogens with two attached hydrogens (primary N) is 1. The van der Waals surface area contributed by atoms with E-state index >= 15 is 0 Å². The highest BCUT2D eigenvalue weighted by molar-refractivity contribution is 7.14. The molecule has 126 valence electrons. The van der Waals surface area contributed by atoms with Crippen LogP contribution in [0.4, 0.5) is 0 Å². The Kier molecular flexibility index (Phi) is 5.30. The van der Waals surface area contributed by atoms with Crippen molar-refractivity contribution in [3.05, 3.63) is 21.4 Å². The number of fused-ring (bicyclic) bond motifs is 1. The van der Waals surface area contributed by atoms with E-state index in [0.29, 0.717) is 26.2 Å². The number of ether oxygens (including phenoxy) is 1. The van der Waals surface area contributed by atoms with Crippen molar-refractivity contribution < 1.29 is 14.3 Å². The fourth-order valence-corrected chi connectivity index (χ4v) is 4.24. The number of carbonyl (C=O) groups is 2. The average molecular weight is 337 g/mol. The van der Waals surface area contributed by atoms with Crippen LogP contribution >= 0.6 is 11.3 Å². The van der Waals surface area contributed by atoms with Gasteiger partial charge in [-0.15, -0.1) is 11.3 Å². The first-order chi connectivity index (χ1) is 11.2. The lowest BCUT2D eigenvalue weighted by molar-refractivity contribution is -0.126. The summed E-state index contributed by atoms with van der Waals surface area (Å²) in [6, 6.07) is 1.96. The number of hydrogen-bond acceptors (Lipinski definition) is 5. The van der Waals surface area contributed by atoms with Crippen LogP contribution in [0.15, 0.2) is 6.07 Å². The van der Waals surface area contributed by atoms with Crippen molar-refractivity contribution in [3.63, 3.8) is 0 Å². The van der Waals surface area contributed by atoms with Gasteiger partial charge in [0.2, 0.25) is 5.91 Å². The van der Waals surface area contributed by atoms with Gasteiger partial charge in [0.05, 0.1) is 24.0 Å². The molecule has 0 spiro atoms. The van der Waals surface area contributed by atoms with E-state index in [1.807, 2.05) is 11.0 Å². The third-order valence-electron chi connectivity index (χ3n) is 4.36. The maximum atomic E-state index is 12.7. The first-order valence-corrected chi connectivity index (χ1v) is 8.97. The van der Waals surface area contributed by atoms with Gasteiger partial charge in [-0.1, -0.05) is 0 Å². The Balaban J connectivity index is 1.65. The number of carbonyl (C=O) groups excluding carboxylic acids is 2. The van der Waals surface area contributed by atoms with Gasteiger partial charge < -0.3 is 20.7 Å². The van der Waals surface area contributed by atoms with Crippen molar-refractivity contribution in [2.45, 2.75) is 25.9 Å². The van der Waals surface area contributed by atoms with E-state index in [1.54, 1.807) is 11.3 Å². The Labute approximate surface area is 140 Å². The minimum atomic E-state index is -0.128. The molecule has 0 saturated carbocycles. The molecule has 1 unspecified atom stereocenters. The van der Waals surface area contributed by atoms with Crippen LogP contribution in [0.1, 0.15) is 33.0 Å². The second kappa shape index (κ2) is 7.42. The van der Waals surface area contributed by atoms with E-state index in [1.165, 1.54) is 4.88 Å². The molecule has 1 aromatic heterocycles. The van der Waals surface area contributed by atoms with E-state index in [-0.39, 0.29) is 17.7 Å². The second-order valence-corrected chi connectivity index (χ2v) is 7.17. The van der Waals surface area contributed by atoms with Gasteiger partial charge >= 0.3 is 0 Å². The Morgan fingerprint density at radius 3 is 3.13 bits per heavy atom. The summed E-state index contributed by atoms with van der Waals surface area (Å²) in [5.74, 6) is -0.0790. The fourth-order valence-electron chi connectivity index (χ4n) is 3.12. The molecule has 1 saturated heterocycles. The SMILES string of the molecule is NCCNC(=O)C1CCCN(C(=O)c2cc3c(s2)CCOC3)C1. The van der Waals surface area contributed by atoms with E-state index in [2.05, 4.69) is 5.32 Å². The molecule has 2 amide bonds. The number of amides is 2. The maximum absolute atomic E-state index is 12.7. The smallest absolute Gasteiger partial charge is 0.263 e. The van der Waals surface area contributed by atoms with Crippen LogP contribution in [0.3, 0.4) is 0 Å². The number of thiophene rings is 1. The summed E-state index contributed by atoms with van der Waals surface area (Å²) >= 11 is 1.57. The molecule has 1 aromatic rings. The predicted octanol–water partition coefficient (Wildman–Crippen LogP) is 0.748. The van der Waals surface area contributed by atoms with E-state index in [4.69, 9.17) is 10.5 Å². The number of nitrogens with zero attached hydrogens (tertiary/aromatic N) is 1. The Morgan fingerprint density at radius 2 is 2.35 bits per heavy atom. The Bertz CT molecular complexity index is 564. The highest BCUT2D eigenvalue weighted by atomic mass is 32.1. The van der Waals surface area contributed by atoms with E-state index in [0.717, 1.165) is 42.9 Å². The largest absolute Gasteiger partial charge is 0.376 e. The quantitative estimate of drug-likeness (QED) is 0.849. The molecule has 0 radical (unpaired) electrons. The molecule has 2 aliphatic rings. The van der Waals surface area contributed by atoms with E-state index in [9.17, 15) is 9.59 Å². The van der Waals surface area contributed by atoms with Crippen molar-refractivity contribution in [3.8, 4) is 0 Å². The summed E-state index contributed by atoms with van der Waals surface area (Å²) in [6.45, 7) is 3.47. The lowest BCUT2D eigenvalue weighted by atomic mass is 9.97. The average Bonchev–Trinajstić information content (AvgIpc) is 3.03. The van der Waals surface area contributed by atoms with Crippen LogP contribution in [0.25, 0.3) is 0 Å². The van der Waals surface area contributed by atoms with Gasteiger partial charge in [-0.25, -0.2) is 0 Å². The van der Waals surface area contributed by atoms with Gasteiger partial charge in [0.25, 0.3) is 5.91 Å². The van der Waals surface area contributed by atoms with Crippen molar-refractivity contribution in [1.29, 1.82) is 0 Å². The summed E-state index contributed by atoms with van der Waals surface area (Å²) in [5, 5.41) is 2.83. The van der Waals surface area contributed by atoms with Crippen LogP contribution in [0, 0.1) is 5.92 Å². The predicted molar refractivity (Wildman–Crippen MR) is 88.4 cm³/mol. The molecule has 3 N–H and O–H groups in total. The number of hydrogen-bond donors (Lipinski definition) is 2. The molecule has 3 heterocycles. The second-order valence-electron chi connectivity index (χ2n) is 6.03. The van der Waals surface area contributed by atoms with Crippen LogP contribution in [0.5, 0.6) is 0 Å². The van der Waals surface area contributed by atoms with Gasteiger partial charge in [0.1, 0.15) is 0 Å². The molecule has 3 rings (SSSR count). The molecular weight excluding hydrogens is 314 g/mol. The zero-order valence-corrected chi connectivity index (χ0v) is 14.0. The van der Waals surface area contributed by atoms with Crippen LogP contribution in [-0.4, -0.2) is 49.5 Å². The molecule has 1 fully saturated rings. The number of nitrogens with one attached hydrogen (secondary N) is 1. The van der Waals surface area contributed by atoms with Crippen LogP contribution in [0.2, 0.25) is 0 Å². The normalized spacial score (nSPS) is 20.9. The molecule has 6 nitrogen and oxygen atoms in total. The number of likely N-dealkylation sites (tertiary alicyclic amines) is 1. The highest BCUT2D eigenvalue weighted by Crippen LogP contribution is 2.29. The molecule has 0 aliphatic carbocycles. The molecular formula is C16H23N3O3S. The molecule has 7 heteroatoms. The van der Waals surface area contributed by atoms with Gasteiger partial charge in [0, 0.05) is 37.5 Å². The van der Waals surface area contributed by atoms with Gasteiger partial charge in [-0.3, -0.25) is 9.59 Å². The molecule has 2 aliphatic heterocycles. The zero-order chi connectivity index (χ0) is 16.2. The summed E-state index contributed by atoms with van der Waals surface area (Å²) in [6.07, 6.45) is 2.58. The monoisotopic (exact) mass is 337 g/mol. The lowest BCUT2D eigenvalue weighted by Crippen LogP contribution is -2.46. The standard InChI is InChI=1S/C16H23N3O3S/c17-4-5-18-15(20)11-2-1-6-19(9-11)16(21)14-8-12-10-22-7-3-13(12)23-14/h8,11H,1-7,9-10,17H2,(H,18,20). The van der Waals surface area contributed by atoms with Crippen LogP contribution in [-0.2, 0) is 22.6 Å². The van der Waals surface area contributed by atoms with Crippen molar-refractivity contribution in [1.82, 2.24) is 10.2 Å². The molecule has 23 heavy (non-hydrogen) atoms. The van der Waals surface area contributed by atoms with Crippen molar-refractivity contribution in [2.24, 2.45) is 11.7 Å². The Hall–Kier alpha value is -1.44. The topological polar surface area (TPSA) is 84.7 Å². The minimum Gasteiger partial charge on any atom is -0.376 e. The highest BCUT2D eigenvalue weighted by Gasteiger charge is 2.30. The lowest BCUT2D eigenvalue weighted by Gasteiger charge is -2.31.